The van der Waals surface area contributed by atoms with Gasteiger partial charge in [0.25, 0.3) is 5.91 Å². The molecule has 2 rings (SSSR count). The number of hydrogen-bond acceptors (Lipinski definition) is 3. The summed E-state index contributed by atoms with van der Waals surface area (Å²) in [6.45, 7) is 7.79. The molecular formula is C19H23NO3. The molecule has 1 atom stereocenters. The monoisotopic (exact) mass is 313 g/mol. The average molecular weight is 313 g/mol. The number of amides is 1. The summed E-state index contributed by atoms with van der Waals surface area (Å²) in [6, 6.07) is 11.3. The minimum Gasteiger partial charge on any atom is -0.497 e. The first-order valence-electron chi connectivity index (χ1n) is 7.60. The maximum absolute atomic E-state index is 12.3. The number of rotatable bonds is 5. The molecule has 0 aliphatic carbocycles. The van der Waals surface area contributed by atoms with Crippen molar-refractivity contribution in [3.05, 3.63) is 53.1 Å². The van der Waals surface area contributed by atoms with Crippen molar-refractivity contribution in [3.63, 3.8) is 0 Å². The second-order valence-corrected chi connectivity index (χ2v) is 5.69. The fraction of sp³-hybridized carbons (Fsp3) is 0.316. The van der Waals surface area contributed by atoms with Crippen LogP contribution in [0, 0.1) is 20.8 Å². The number of hydrogen-bond donors (Lipinski definition) is 1. The summed E-state index contributed by atoms with van der Waals surface area (Å²) < 4.78 is 11.0. The summed E-state index contributed by atoms with van der Waals surface area (Å²) in [5, 5.41) is 2.84. The van der Waals surface area contributed by atoms with Crippen LogP contribution in [-0.4, -0.2) is 19.1 Å². The predicted octanol–water partition coefficient (Wildman–Crippen LogP) is 4.03. The highest BCUT2D eigenvalue weighted by atomic mass is 16.5. The Morgan fingerprint density at radius 3 is 2.57 bits per heavy atom. The Hall–Kier alpha value is -2.49. The fourth-order valence-electron chi connectivity index (χ4n) is 2.31. The van der Waals surface area contributed by atoms with Gasteiger partial charge in [0.2, 0.25) is 0 Å². The molecule has 0 heterocycles. The molecule has 0 aliphatic heterocycles. The van der Waals surface area contributed by atoms with Gasteiger partial charge >= 0.3 is 0 Å². The normalized spacial score (nSPS) is 11.7. The van der Waals surface area contributed by atoms with Gasteiger partial charge in [0, 0.05) is 11.8 Å². The second kappa shape index (κ2) is 7.18. The molecule has 0 aliphatic rings. The highest BCUT2D eigenvalue weighted by Crippen LogP contribution is 2.24. The van der Waals surface area contributed by atoms with Crippen molar-refractivity contribution in [3.8, 4) is 11.5 Å². The fourth-order valence-corrected chi connectivity index (χ4v) is 2.31. The third kappa shape index (κ3) is 4.25. The quantitative estimate of drug-likeness (QED) is 0.906. The van der Waals surface area contributed by atoms with E-state index >= 15 is 0 Å². The van der Waals surface area contributed by atoms with E-state index < -0.39 is 6.10 Å². The Morgan fingerprint density at radius 2 is 1.87 bits per heavy atom. The summed E-state index contributed by atoms with van der Waals surface area (Å²) in [5.41, 5.74) is 4.00. The zero-order valence-corrected chi connectivity index (χ0v) is 14.3. The zero-order valence-electron chi connectivity index (χ0n) is 14.3. The number of aryl methyl sites for hydroxylation is 2. The molecule has 0 saturated heterocycles. The molecule has 23 heavy (non-hydrogen) atoms. The first-order valence-corrected chi connectivity index (χ1v) is 7.60. The Morgan fingerprint density at radius 1 is 1.13 bits per heavy atom. The van der Waals surface area contributed by atoms with Crippen molar-refractivity contribution in [1.29, 1.82) is 0 Å². The smallest absolute Gasteiger partial charge is 0.265 e. The second-order valence-electron chi connectivity index (χ2n) is 5.69. The van der Waals surface area contributed by atoms with Crippen LogP contribution in [0.5, 0.6) is 11.5 Å². The lowest BCUT2D eigenvalue weighted by molar-refractivity contribution is -0.122. The number of benzene rings is 2. The Kier molecular flexibility index (Phi) is 5.27. The van der Waals surface area contributed by atoms with E-state index in [1.165, 1.54) is 0 Å². The van der Waals surface area contributed by atoms with Crippen molar-refractivity contribution < 1.29 is 14.3 Å². The van der Waals surface area contributed by atoms with Crippen LogP contribution in [0.25, 0.3) is 0 Å². The lowest BCUT2D eigenvalue weighted by Gasteiger charge is -2.18. The van der Waals surface area contributed by atoms with Crippen LogP contribution >= 0.6 is 0 Å². The van der Waals surface area contributed by atoms with Crippen molar-refractivity contribution >= 4 is 11.6 Å². The summed E-state index contributed by atoms with van der Waals surface area (Å²) >= 11 is 0. The van der Waals surface area contributed by atoms with Gasteiger partial charge in [-0.05, 0) is 62.6 Å². The van der Waals surface area contributed by atoms with Crippen molar-refractivity contribution in [2.45, 2.75) is 33.8 Å². The SMILES string of the molecule is COc1cccc(NC(=O)C(C)Oc2cc(C)cc(C)c2C)c1. The van der Waals surface area contributed by atoms with Gasteiger partial charge in [-0.15, -0.1) is 0 Å². The number of methoxy groups -OCH3 is 1. The van der Waals surface area contributed by atoms with Gasteiger partial charge in [-0.1, -0.05) is 12.1 Å². The van der Waals surface area contributed by atoms with E-state index in [4.69, 9.17) is 9.47 Å². The Balaban J connectivity index is 2.08. The standard InChI is InChI=1S/C19H23NO3/c1-12-9-13(2)14(3)18(10-12)23-15(4)19(21)20-16-7-6-8-17(11-16)22-5/h6-11,15H,1-5H3,(H,20,21). The van der Waals surface area contributed by atoms with Gasteiger partial charge in [-0.3, -0.25) is 4.79 Å². The van der Waals surface area contributed by atoms with Crippen LogP contribution < -0.4 is 14.8 Å². The minimum absolute atomic E-state index is 0.197. The molecular weight excluding hydrogens is 290 g/mol. The summed E-state index contributed by atoms with van der Waals surface area (Å²) in [6.07, 6.45) is -0.596. The third-order valence-electron chi connectivity index (χ3n) is 3.77. The molecule has 0 saturated carbocycles. The topological polar surface area (TPSA) is 47.6 Å². The summed E-state index contributed by atoms with van der Waals surface area (Å²) in [5.74, 6) is 1.24. The number of anilines is 1. The lowest BCUT2D eigenvalue weighted by atomic mass is 10.1. The molecule has 1 amide bonds. The van der Waals surface area contributed by atoms with Gasteiger partial charge in [-0.2, -0.15) is 0 Å². The first kappa shape index (κ1) is 16.9. The van der Waals surface area contributed by atoms with Crippen LogP contribution in [-0.2, 0) is 4.79 Å². The van der Waals surface area contributed by atoms with E-state index in [-0.39, 0.29) is 5.91 Å². The average Bonchev–Trinajstić information content (AvgIpc) is 2.52. The van der Waals surface area contributed by atoms with E-state index in [0.717, 1.165) is 22.4 Å². The van der Waals surface area contributed by atoms with Gasteiger partial charge in [0.1, 0.15) is 11.5 Å². The van der Waals surface area contributed by atoms with E-state index in [1.54, 1.807) is 20.1 Å². The van der Waals surface area contributed by atoms with E-state index in [1.807, 2.05) is 45.0 Å². The largest absolute Gasteiger partial charge is 0.497 e. The maximum Gasteiger partial charge on any atom is 0.265 e. The van der Waals surface area contributed by atoms with Crippen molar-refractivity contribution in [2.24, 2.45) is 0 Å². The Bertz CT molecular complexity index is 710. The predicted molar refractivity (Wildman–Crippen MR) is 92.4 cm³/mol. The molecule has 0 fully saturated rings. The molecule has 0 spiro atoms. The van der Waals surface area contributed by atoms with E-state index in [0.29, 0.717) is 11.4 Å². The number of nitrogens with one attached hydrogen (secondary N) is 1. The third-order valence-corrected chi connectivity index (χ3v) is 3.77. The molecule has 122 valence electrons. The van der Waals surface area contributed by atoms with Crippen molar-refractivity contribution in [1.82, 2.24) is 0 Å². The Labute approximate surface area is 137 Å². The number of ether oxygens (including phenoxy) is 2. The summed E-state index contributed by atoms with van der Waals surface area (Å²) in [4.78, 5) is 12.3. The van der Waals surface area contributed by atoms with Crippen LogP contribution in [0.15, 0.2) is 36.4 Å². The van der Waals surface area contributed by atoms with E-state index in [2.05, 4.69) is 11.4 Å². The van der Waals surface area contributed by atoms with Crippen LogP contribution in [0.3, 0.4) is 0 Å². The maximum atomic E-state index is 12.3. The van der Waals surface area contributed by atoms with Gasteiger partial charge in [0.15, 0.2) is 6.10 Å². The van der Waals surface area contributed by atoms with Crippen LogP contribution in [0.2, 0.25) is 0 Å². The van der Waals surface area contributed by atoms with Gasteiger partial charge in [0.05, 0.1) is 7.11 Å². The van der Waals surface area contributed by atoms with Crippen LogP contribution in [0.1, 0.15) is 23.6 Å². The molecule has 2 aromatic carbocycles. The zero-order chi connectivity index (χ0) is 17.0. The van der Waals surface area contributed by atoms with Gasteiger partial charge < -0.3 is 14.8 Å². The molecule has 2 aromatic rings. The lowest BCUT2D eigenvalue weighted by Crippen LogP contribution is -2.30. The number of carbonyl (C=O) groups is 1. The first-order chi connectivity index (χ1) is 10.9. The number of carbonyl (C=O) groups excluding carboxylic acids is 1. The molecule has 0 radical (unpaired) electrons. The highest BCUT2D eigenvalue weighted by molar-refractivity contribution is 5.94. The molecule has 1 N–H and O–H groups in total. The highest BCUT2D eigenvalue weighted by Gasteiger charge is 2.17. The van der Waals surface area contributed by atoms with E-state index in [9.17, 15) is 4.79 Å². The van der Waals surface area contributed by atoms with Crippen LogP contribution in [0.4, 0.5) is 5.69 Å². The molecule has 4 heteroatoms. The molecule has 4 nitrogen and oxygen atoms in total. The molecule has 1 unspecified atom stereocenters. The van der Waals surface area contributed by atoms with Gasteiger partial charge in [-0.25, -0.2) is 0 Å². The molecule has 0 bridgehead atoms. The summed E-state index contributed by atoms with van der Waals surface area (Å²) in [7, 11) is 1.59. The molecule has 0 aromatic heterocycles. The minimum atomic E-state index is -0.596. The van der Waals surface area contributed by atoms with Crippen molar-refractivity contribution in [2.75, 3.05) is 12.4 Å².